The molecular formula is C19H25N2O7P. The van der Waals surface area contributed by atoms with E-state index in [0.717, 1.165) is 0 Å². The van der Waals surface area contributed by atoms with Gasteiger partial charge in [0.2, 0.25) is 0 Å². The van der Waals surface area contributed by atoms with Gasteiger partial charge in [0.1, 0.15) is 17.5 Å². The van der Waals surface area contributed by atoms with E-state index in [-0.39, 0.29) is 11.9 Å². The number of hydrogen-bond donors (Lipinski definition) is 2. The number of nitrogens with one attached hydrogen (secondary N) is 2. The van der Waals surface area contributed by atoms with Crippen LogP contribution in [0.25, 0.3) is 0 Å². The van der Waals surface area contributed by atoms with Crippen molar-refractivity contribution in [3.63, 3.8) is 0 Å². The molecule has 0 aliphatic carbocycles. The molecule has 0 saturated carbocycles. The molecule has 2 aromatic carbocycles. The predicted octanol–water partition coefficient (Wildman–Crippen LogP) is 2.76. The van der Waals surface area contributed by atoms with E-state index < -0.39 is 25.0 Å². The standard InChI is InChI=1S/C19H25N2O7P/c1-14(2)26-19(22)15(3)20-29(24,27-17-8-6-5-7-9-17)28-18-12-10-16(11-13-18)21(23)25-4/h5-15,21H,1-4H3,(H,20,24)/t15-,29+/m0/s1. The first kappa shape index (κ1) is 22.9. The Morgan fingerprint density at radius 2 is 1.55 bits per heavy atom. The van der Waals surface area contributed by atoms with Gasteiger partial charge < -0.3 is 19.0 Å². The van der Waals surface area contributed by atoms with Crippen LogP contribution in [-0.2, 0) is 18.9 Å². The summed E-state index contributed by atoms with van der Waals surface area (Å²) < 4.78 is 29.6. The number of carbonyl (C=O) groups is 1. The van der Waals surface area contributed by atoms with Gasteiger partial charge in [0, 0.05) is 12.1 Å². The lowest BCUT2D eigenvalue weighted by Gasteiger charge is -2.24. The molecule has 0 heterocycles. The summed E-state index contributed by atoms with van der Waals surface area (Å²) in [4.78, 5) is 16.8. The zero-order chi connectivity index (χ0) is 21.4. The van der Waals surface area contributed by atoms with E-state index in [1.165, 1.54) is 38.3 Å². The second kappa shape index (κ2) is 10.4. The number of ether oxygens (including phenoxy) is 1. The molecule has 0 saturated heterocycles. The zero-order valence-electron chi connectivity index (χ0n) is 16.7. The predicted molar refractivity (Wildman–Crippen MR) is 107 cm³/mol. The van der Waals surface area contributed by atoms with Gasteiger partial charge in [-0.3, -0.25) is 4.79 Å². The molecule has 2 N–H and O–H groups in total. The molecule has 0 radical (unpaired) electrons. The summed E-state index contributed by atoms with van der Waals surface area (Å²) in [7, 11) is -2.76. The summed E-state index contributed by atoms with van der Waals surface area (Å²) in [5.74, 6) is -0.130. The van der Waals surface area contributed by atoms with Gasteiger partial charge in [-0.05, 0) is 45.0 Å². The molecular weight excluding hydrogens is 399 g/mol. The lowest BCUT2D eigenvalue weighted by molar-refractivity contribution is -0.992. The van der Waals surface area contributed by atoms with Gasteiger partial charge >= 0.3 is 13.7 Å². The highest BCUT2D eigenvalue weighted by molar-refractivity contribution is 7.52. The van der Waals surface area contributed by atoms with E-state index in [2.05, 4.69) is 9.92 Å². The van der Waals surface area contributed by atoms with Gasteiger partial charge in [0.05, 0.1) is 13.2 Å². The van der Waals surface area contributed by atoms with E-state index in [4.69, 9.17) is 13.8 Å². The summed E-state index contributed by atoms with van der Waals surface area (Å²) in [5.41, 5.74) is 0.306. The molecule has 158 valence electrons. The van der Waals surface area contributed by atoms with Gasteiger partial charge in [-0.25, -0.2) is 9.40 Å². The fourth-order valence-electron chi connectivity index (χ4n) is 2.22. The van der Waals surface area contributed by atoms with Crippen molar-refractivity contribution in [3.8, 4) is 11.5 Å². The Morgan fingerprint density at radius 1 is 1.00 bits per heavy atom. The van der Waals surface area contributed by atoms with Crippen molar-refractivity contribution >= 4 is 19.4 Å². The van der Waals surface area contributed by atoms with Gasteiger partial charge in [-0.15, -0.1) is 0 Å². The molecule has 0 spiro atoms. The maximum absolute atomic E-state index is 13.4. The molecule has 0 aliphatic heterocycles. The summed E-state index contributed by atoms with van der Waals surface area (Å²) in [6.07, 6.45) is -0.326. The Balaban J connectivity index is 2.22. The zero-order valence-corrected chi connectivity index (χ0v) is 17.6. The summed E-state index contributed by atoms with van der Waals surface area (Å²) in [5, 5.41) is 13.6. The van der Waals surface area contributed by atoms with Crippen molar-refractivity contribution in [2.45, 2.75) is 32.9 Å². The molecule has 3 atom stereocenters. The molecule has 0 aromatic heterocycles. The van der Waals surface area contributed by atoms with Crippen molar-refractivity contribution in [2.24, 2.45) is 0 Å². The van der Waals surface area contributed by atoms with Crippen molar-refractivity contribution in [1.29, 1.82) is 0 Å². The summed E-state index contributed by atoms with van der Waals surface area (Å²) in [6.45, 7) is 4.92. The first-order valence-electron chi connectivity index (χ1n) is 8.93. The number of benzene rings is 2. The quantitative estimate of drug-likeness (QED) is 0.340. The Kier molecular flexibility index (Phi) is 8.19. The molecule has 0 bridgehead atoms. The number of hydrogen-bond acceptors (Lipinski definition) is 7. The second-order valence-corrected chi connectivity index (χ2v) is 7.96. The molecule has 9 nitrogen and oxygen atoms in total. The minimum absolute atomic E-state index is 0.175. The Bertz CT molecular complexity index is 830. The second-order valence-electron chi connectivity index (χ2n) is 6.35. The van der Waals surface area contributed by atoms with Crippen LogP contribution in [0.2, 0.25) is 0 Å². The van der Waals surface area contributed by atoms with E-state index in [1.54, 1.807) is 44.2 Å². The van der Waals surface area contributed by atoms with Crippen LogP contribution in [-0.4, -0.2) is 25.2 Å². The molecule has 10 heteroatoms. The van der Waals surface area contributed by atoms with Crippen molar-refractivity contribution in [3.05, 3.63) is 59.8 Å². The normalized spacial score (nSPS) is 15.2. The van der Waals surface area contributed by atoms with Crippen LogP contribution >= 0.6 is 7.75 Å². The molecule has 0 fully saturated rings. The van der Waals surface area contributed by atoms with Crippen LogP contribution in [0.15, 0.2) is 54.6 Å². The number of esters is 1. The number of rotatable bonds is 10. The smallest absolute Gasteiger partial charge is 0.513 e. The van der Waals surface area contributed by atoms with Gasteiger partial charge in [-0.2, -0.15) is 10.3 Å². The molecule has 2 aromatic rings. The van der Waals surface area contributed by atoms with Gasteiger partial charge in [0.15, 0.2) is 5.69 Å². The largest absolute Gasteiger partial charge is 0.595 e. The number of quaternary nitrogens is 1. The van der Waals surface area contributed by atoms with Crippen LogP contribution in [0.3, 0.4) is 0 Å². The van der Waals surface area contributed by atoms with Gasteiger partial charge in [-0.1, -0.05) is 18.2 Å². The SMILES string of the molecule is CO[NH+]([O-])c1ccc(O[P@@](=O)(N[C@@H](C)C(=O)OC(C)C)Oc2ccccc2)cc1. The van der Waals surface area contributed by atoms with Crippen LogP contribution in [0, 0.1) is 5.21 Å². The number of carbonyl (C=O) groups excluding carboxylic acids is 1. The van der Waals surface area contributed by atoms with Crippen molar-refractivity contribution < 1.29 is 33.2 Å². The average Bonchev–Trinajstić information content (AvgIpc) is 2.67. The highest BCUT2D eigenvalue weighted by Crippen LogP contribution is 2.45. The maximum Gasteiger partial charge on any atom is 0.513 e. The topological polar surface area (TPSA) is 111 Å². The first-order chi connectivity index (χ1) is 13.7. The number of para-hydroxylation sites is 1. The highest BCUT2D eigenvalue weighted by Gasteiger charge is 2.34. The molecule has 0 amide bonds. The van der Waals surface area contributed by atoms with E-state index in [9.17, 15) is 14.6 Å². The molecule has 1 unspecified atom stereocenters. The third kappa shape index (κ3) is 7.16. The maximum atomic E-state index is 13.4. The first-order valence-corrected chi connectivity index (χ1v) is 10.5. The Labute approximate surface area is 169 Å². The van der Waals surface area contributed by atoms with E-state index in [0.29, 0.717) is 11.4 Å². The monoisotopic (exact) mass is 424 g/mol. The molecule has 29 heavy (non-hydrogen) atoms. The average molecular weight is 424 g/mol. The van der Waals surface area contributed by atoms with Crippen molar-refractivity contribution in [1.82, 2.24) is 5.09 Å². The minimum atomic E-state index is -4.03. The Hall–Kier alpha value is -2.42. The summed E-state index contributed by atoms with van der Waals surface area (Å²) >= 11 is 0. The Morgan fingerprint density at radius 3 is 2.07 bits per heavy atom. The van der Waals surface area contributed by atoms with E-state index >= 15 is 0 Å². The lowest BCUT2D eigenvalue weighted by Crippen LogP contribution is -3.00. The lowest BCUT2D eigenvalue weighted by atomic mass is 10.3. The third-order valence-corrected chi connectivity index (χ3v) is 5.13. The van der Waals surface area contributed by atoms with Crippen LogP contribution < -0.4 is 19.4 Å². The van der Waals surface area contributed by atoms with Gasteiger partial charge in [0.25, 0.3) is 0 Å². The van der Waals surface area contributed by atoms with Crippen molar-refractivity contribution in [2.75, 3.05) is 7.11 Å². The minimum Gasteiger partial charge on any atom is -0.595 e. The summed E-state index contributed by atoms with van der Waals surface area (Å²) in [6, 6.07) is 13.3. The highest BCUT2D eigenvalue weighted by atomic mass is 31.2. The van der Waals surface area contributed by atoms with Crippen LogP contribution in [0.5, 0.6) is 11.5 Å². The molecule has 2 rings (SSSR count). The third-order valence-electron chi connectivity index (χ3n) is 3.53. The van der Waals surface area contributed by atoms with E-state index in [1.807, 2.05) is 0 Å². The van der Waals surface area contributed by atoms with Crippen LogP contribution in [0.1, 0.15) is 20.8 Å². The fourth-order valence-corrected chi connectivity index (χ4v) is 3.75. The molecule has 0 aliphatic rings. The fraction of sp³-hybridized carbons (Fsp3) is 0.316. The van der Waals surface area contributed by atoms with Crippen LogP contribution in [0.4, 0.5) is 5.69 Å².